The number of benzene rings is 1. The molecule has 142 valence electrons. The molecule has 2 aliphatic heterocycles. The van der Waals surface area contributed by atoms with Gasteiger partial charge in [-0.1, -0.05) is 30.3 Å². The highest BCUT2D eigenvalue weighted by Gasteiger charge is 2.31. The van der Waals surface area contributed by atoms with Crippen molar-refractivity contribution in [3.05, 3.63) is 35.1 Å². The van der Waals surface area contributed by atoms with Crippen LogP contribution >= 0.6 is 23.4 Å². The molecule has 6 nitrogen and oxygen atoms in total. The van der Waals surface area contributed by atoms with Gasteiger partial charge >= 0.3 is 7.12 Å². The van der Waals surface area contributed by atoms with E-state index in [4.69, 9.17) is 22.0 Å². The summed E-state index contributed by atoms with van der Waals surface area (Å²) in [6.45, 7) is 5.26. The third-order valence-electron chi connectivity index (χ3n) is 5.46. The molecule has 0 radical (unpaired) electrons. The van der Waals surface area contributed by atoms with E-state index in [1.165, 1.54) is 11.8 Å². The third kappa shape index (κ3) is 3.95. The Morgan fingerprint density at radius 2 is 2.11 bits per heavy atom. The maximum atomic E-state index is 9.80. The van der Waals surface area contributed by atoms with Crippen molar-refractivity contribution >= 4 is 41.8 Å². The van der Waals surface area contributed by atoms with E-state index in [1.54, 1.807) is 6.20 Å². The molecule has 0 unspecified atom stereocenters. The van der Waals surface area contributed by atoms with Crippen LogP contribution in [-0.2, 0) is 11.3 Å². The first-order valence-electron chi connectivity index (χ1n) is 9.04. The number of nitrogens with two attached hydrogens (primary N) is 1. The summed E-state index contributed by atoms with van der Waals surface area (Å²) in [5.41, 5.74) is 7.71. The zero-order valence-corrected chi connectivity index (χ0v) is 16.8. The maximum absolute atomic E-state index is 9.80. The van der Waals surface area contributed by atoms with Crippen LogP contribution in [0.4, 0.5) is 5.82 Å². The van der Waals surface area contributed by atoms with Crippen LogP contribution in [0.2, 0.25) is 5.02 Å². The SMILES string of the molecule is CC1(CN)CCN(c2cnc(Sc3cc(Cl)c4c(c3)COB4O)cn2)CC1. The first-order chi connectivity index (χ1) is 13.0. The van der Waals surface area contributed by atoms with Crippen LogP contribution in [0.15, 0.2) is 34.4 Å². The lowest BCUT2D eigenvalue weighted by Gasteiger charge is -2.39. The van der Waals surface area contributed by atoms with Gasteiger partial charge in [-0.15, -0.1) is 0 Å². The number of aromatic nitrogens is 2. The minimum absolute atomic E-state index is 0.240. The van der Waals surface area contributed by atoms with Crippen molar-refractivity contribution in [3.8, 4) is 0 Å². The molecule has 1 fully saturated rings. The minimum Gasteiger partial charge on any atom is -0.423 e. The van der Waals surface area contributed by atoms with E-state index in [0.717, 1.165) is 53.8 Å². The molecule has 1 aromatic heterocycles. The van der Waals surface area contributed by atoms with E-state index in [2.05, 4.69) is 21.8 Å². The Labute approximate surface area is 168 Å². The lowest BCUT2D eigenvalue weighted by molar-refractivity contribution is 0.258. The average Bonchev–Trinajstić information content (AvgIpc) is 3.04. The van der Waals surface area contributed by atoms with E-state index in [1.807, 2.05) is 18.3 Å². The normalized spacial score (nSPS) is 18.7. The molecule has 0 amide bonds. The monoisotopic (exact) mass is 404 g/mol. The van der Waals surface area contributed by atoms with Crippen molar-refractivity contribution in [1.29, 1.82) is 0 Å². The lowest BCUT2D eigenvalue weighted by Crippen LogP contribution is -2.42. The van der Waals surface area contributed by atoms with Gasteiger partial charge in [-0.2, -0.15) is 0 Å². The molecule has 1 aromatic carbocycles. The Balaban J connectivity index is 1.44. The molecule has 9 heteroatoms. The van der Waals surface area contributed by atoms with E-state index in [9.17, 15) is 5.02 Å². The predicted octanol–water partition coefficient (Wildman–Crippen LogP) is 2.06. The lowest BCUT2D eigenvalue weighted by atomic mass is 9.79. The zero-order valence-electron chi connectivity index (χ0n) is 15.2. The molecule has 0 aliphatic carbocycles. The second-order valence-corrected chi connectivity index (χ2v) is 8.96. The zero-order chi connectivity index (χ0) is 19.0. The Kier molecular flexibility index (Phi) is 5.35. The number of hydrogen-bond donors (Lipinski definition) is 2. The second-order valence-electron chi connectivity index (χ2n) is 7.46. The van der Waals surface area contributed by atoms with Gasteiger partial charge in [0.15, 0.2) is 0 Å². The maximum Gasteiger partial charge on any atom is 0.493 e. The van der Waals surface area contributed by atoms with Gasteiger partial charge in [0.1, 0.15) is 10.8 Å². The predicted molar refractivity (Wildman–Crippen MR) is 109 cm³/mol. The van der Waals surface area contributed by atoms with E-state index < -0.39 is 7.12 Å². The Hall–Kier alpha value is -1.32. The molecule has 2 aromatic rings. The van der Waals surface area contributed by atoms with E-state index in [0.29, 0.717) is 17.1 Å². The van der Waals surface area contributed by atoms with Crippen LogP contribution in [0, 0.1) is 5.41 Å². The number of fused-ring (bicyclic) bond motifs is 1. The molecule has 2 aliphatic rings. The van der Waals surface area contributed by atoms with Gasteiger partial charge in [0.25, 0.3) is 0 Å². The summed E-state index contributed by atoms with van der Waals surface area (Å²) in [6.07, 6.45) is 5.77. The smallest absolute Gasteiger partial charge is 0.423 e. The summed E-state index contributed by atoms with van der Waals surface area (Å²) < 4.78 is 5.24. The van der Waals surface area contributed by atoms with Crippen LogP contribution in [0.25, 0.3) is 0 Å². The number of anilines is 1. The van der Waals surface area contributed by atoms with Gasteiger partial charge in [-0.25, -0.2) is 9.97 Å². The molecule has 27 heavy (non-hydrogen) atoms. The van der Waals surface area contributed by atoms with Gasteiger partial charge in [-0.3, -0.25) is 0 Å². The summed E-state index contributed by atoms with van der Waals surface area (Å²) in [4.78, 5) is 12.4. The van der Waals surface area contributed by atoms with Gasteiger partial charge in [-0.05, 0) is 42.5 Å². The summed E-state index contributed by atoms with van der Waals surface area (Å²) in [5.74, 6) is 0.905. The standard InChI is InChI=1S/C18H22BClN4O2S/c1-18(11-21)2-4-24(5-3-18)15-8-23-16(9-22-15)27-13-6-12-10-26-19(25)17(12)14(20)7-13/h6-9,25H,2-5,10-11,21H2,1H3. The summed E-state index contributed by atoms with van der Waals surface area (Å²) >= 11 is 7.79. The van der Waals surface area contributed by atoms with Crippen molar-refractivity contribution in [3.63, 3.8) is 0 Å². The molecule has 0 atom stereocenters. The fourth-order valence-corrected chi connectivity index (χ4v) is 4.71. The van der Waals surface area contributed by atoms with Crippen LogP contribution in [0.5, 0.6) is 0 Å². The quantitative estimate of drug-likeness (QED) is 0.755. The Morgan fingerprint density at radius 1 is 1.33 bits per heavy atom. The molecule has 3 heterocycles. The summed E-state index contributed by atoms with van der Waals surface area (Å²) in [7, 11) is -0.934. The highest BCUT2D eigenvalue weighted by molar-refractivity contribution is 7.99. The van der Waals surface area contributed by atoms with Gasteiger partial charge in [0, 0.05) is 28.5 Å². The second kappa shape index (κ2) is 7.60. The van der Waals surface area contributed by atoms with Gasteiger partial charge in [0.05, 0.1) is 19.0 Å². The van der Waals surface area contributed by atoms with Crippen LogP contribution in [0.3, 0.4) is 0 Å². The molecule has 3 N–H and O–H groups in total. The molecular formula is C18H22BClN4O2S. The Morgan fingerprint density at radius 3 is 2.78 bits per heavy atom. The minimum atomic E-state index is -0.934. The molecule has 0 bridgehead atoms. The van der Waals surface area contributed by atoms with Crippen molar-refractivity contribution in [2.75, 3.05) is 24.5 Å². The molecule has 0 saturated carbocycles. The number of piperidine rings is 1. The summed E-state index contributed by atoms with van der Waals surface area (Å²) in [6, 6.07) is 3.81. The van der Waals surface area contributed by atoms with Crippen LogP contribution in [0.1, 0.15) is 25.3 Å². The topological polar surface area (TPSA) is 84.5 Å². The van der Waals surface area contributed by atoms with Crippen LogP contribution < -0.4 is 16.1 Å². The molecule has 0 spiro atoms. The fourth-order valence-electron chi connectivity index (χ4n) is 3.48. The largest absolute Gasteiger partial charge is 0.493 e. The first-order valence-corrected chi connectivity index (χ1v) is 10.2. The number of hydrogen-bond acceptors (Lipinski definition) is 7. The highest BCUT2D eigenvalue weighted by atomic mass is 35.5. The van der Waals surface area contributed by atoms with E-state index >= 15 is 0 Å². The van der Waals surface area contributed by atoms with Crippen molar-refractivity contribution < 1.29 is 9.68 Å². The van der Waals surface area contributed by atoms with Crippen LogP contribution in [-0.4, -0.2) is 41.7 Å². The van der Waals surface area contributed by atoms with E-state index in [-0.39, 0.29) is 5.41 Å². The molecule has 4 rings (SSSR count). The van der Waals surface area contributed by atoms with Crippen molar-refractivity contribution in [2.45, 2.75) is 36.3 Å². The highest BCUT2D eigenvalue weighted by Crippen LogP contribution is 2.33. The molecule has 1 saturated heterocycles. The third-order valence-corrected chi connectivity index (χ3v) is 6.66. The number of nitrogens with zero attached hydrogens (tertiary/aromatic N) is 3. The van der Waals surface area contributed by atoms with Crippen molar-refractivity contribution in [1.82, 2.24) is 9.97 Å². The number of rotatable bonds is 4. The first kappa shape index (κ1) is 19.0. The fraction of sp³-hybridized carbons (Fsp3) is 0.444. The number of halogens is 1. The average molecular weight is 405 g/mol. The Bertz CT molecular complexity index is 831. The van der Waals surface area contributed by atoms with Gasteiger partial charge < -0.3 is 20.3 Å². The van der Waals surface area contributed by atoms with Crippen molar-refractivity contribution in [2.24, 2.45) is 11.1 Å². The molecular weight excluding hydrogens is 383 g/mol. The summed E-state index contributed by atoms with van der Waals surface area (Å²) in [5, 5.41) is 11.1. The van der Waals surface area contributed by atoms with Gasteiger partial charge in [0.2, 0.25) is 0 Å².